The van der Waals surface area contributed by atoms with Crippen LogP contribution in [0.2, 0.25) is 0 Å². The number of benzene rings is 2. The molecule has 2 aromatic carbocycles. The Labute approximate surface area is 168 Å². The van der Waals surface area contributed by atoms with Crippen molar-refractivity contribution in [3.8, 4) is 5.75 Å². The number of carbonyl (C=O) groups is 3. The summed E-state index contributed by atoms with van der Waals surface area (Å²) in [6.07, 6.45) is -0.296. The molecule has 1 aliphatic rings. The molecule has 0 radical (unpaired) electrons. The van der Waals surface area contributed by atoms with Gasteiger partial charge in [0.2, 0.25) is 0 Å². The van der Waals surface area contributed by atoms with Crippen LogP contribution in [0.4, 0.5) is 5.69 Å². The molecule has 0 aliphatic carbocycles. The maximum atomic E-state index is 12.9. The van der Waals surface area contributed by atoms with Gasteiger partial charge < -0.3 is 9.84 Å². The first-order valence-corrected chi connectivity index (χ1v) is 9.35. The van der Waals surface area contributed by atoms with Crippen LogP contribution in [0, 0.1) is 11.8 Å². The molecule has 2 aromatic rings. The van der Waals surface area contributed by atoms with Crippen molar-refractivity contribution in [2.75, 3.05) is 11.6 Å². The number of amides is 1. The SMILES string of the molecule is CCOc1ccc(C(=O)C[C@@H](C(=O)O)[C@H]2C(=O)N(c3ccccc3)N=C2C)cc1. The fourth-order valence-electron chi connectivity index (χ4n) is 3.37. The highest BCUT2D eigenvalue weighted by Gasteiger charge is 2.44. The van der Waals surface area contributed by atoms with Crippen LogP contribution >= 0.6 is 0 Å². The number of hydrazone groups is 1. The molecule has 0 unspecified atom stereocenters. The number of carboxylic acid groups (broad SMARTS) is 1. The molecule has 0 saturated carbocycles. The van der Waals surface area contributed by atoms with Crippen LogP contribution in [0.1, 0.15) is 30.6 Å². The Hall–Kier alpha value is -3.48. The van der Waals surface area contributed by atoms with Crippen molar-refractivity contribution in [3.63, 3.8) is 0 Å². The van der Waals surface area contributed by atoms with Crippen LogP contribution in [0.15, 0.2) is 59.7 Å². The van der Waals surface area contributed by atoms with Crippen LogP contribution in [-0.2, 0) is 9.59 Å². The molecule has 0 spiro atoms. The standard InChI is InChI=1S/C22H22N2O5/c1-3-29-17-11-9-15(10-12-17)19(25)13-18(22(27)28)20-14(2)23-24(21(20)26)16-7-5-4-6-8-16/h4-12,18,20H,3,13H2,1-2H3,(H,27,28)/t18-,20+/m1/s1. The monoisotopic (exact) mass is 394 g/mol. The van der Waals surface area contributed by atoms with Crippen LogP contribution in [0.5, 0.6) is 5.75 Å². The molecule has 7 nitrogen and oxygen atoms in total. The summed E-state index contributed by atoms with van der Waals surface area (Å²) in [7, 11) is 0. The number of ether oxygens (including phenoxy) is 1. The molecule has 0 saturated heterocycles. The van der Waals surface area contributed by atoms with Gasteiger partial charge in [-0.05, 0) is 50.2 Å². The molecular weight excluding hydrogens is 372 g/mol. The molecule has 150 valence electrons. The highest BCUT2D eigenvalue weighted by molar-refractivity contribution is 6.17. The maximum Gasteiger partial charge on any atom is 0.308 e. The van der Waals surface area contributed by atoms with Gasteiger partial charge in [-0.1, -0.05) is 18.2 Å². The van der Waals surface area contributed by atoms with E-state index in [1.165, 1.54) is 5.01 Å². The minimum Gasteiger partial charge on any atom is -0.494 e. The Balaban J connectivity index is 1.79. The lowest BCUT2D eigenvalue weighted by Gasteiger charge is -2.19. The molecule has 0 fully saturated rings. The Morgan fingerprint density at radius 2 is 1.79 bits per heavy atom. The van der Waals surface area contributed by atoms with Gasteiger partial charge in [-0.15, -0.1) is 0 Å². The van der Waals surface area contributed by atoms with Gasteiger partial charge in [-0.3, -0.25) is 14.4 Å². The van der Waals surface area contributed by atoms with Gasteiger partial charge in [0.15, 0.2) is 5.78 Å². The number of para-hydroxylation sites is 1. The van der Waals surface area contributed by atoms with E-state index >= 15 is 0 Å². The number of carboxylic acids is 1. The number of ketones is 1. The van der Waals surface area contributed by atoms with Crippen LogP contribution in [-0.4, -0.2) is 35.1 Å². The second-order valence-corrected chi connectivity index (χ2v) is 6.73. The van der Waals surface area contributed by atoms with Crippen LogP contribution in [0.25, 0.3) is 0 Å². The first-order valence-electron chi connectivity index (χ1n) is 9.35. The first-order chi connectivity index (χ1) is 13.9. The van der Waals surface area contributed by atoms with Gasteiger partial charge in [0.25, 0.3) is 5.91 Å². The number of Topliss-reactive ketones (excluding diaryl/α,β-unsaturated/α-hetero) is 1. The molecule has 1 heterocycles. The summed E-state index contributed by atoms with van der Waals surface area (Å²) in [6.45, 7) is 3.98. The molecule has 1 aliphatic heterocycles. The summed E-state index contributed by atoms with van der Waals surface area (Å²) in [5, 5.41) is 15.2. The third kappa shape index (κ3) is 4.34. The Kier molecular flexibility index (Phi) is 6.07. The number of carbonyl (C=O) groups excluding carboxylic acids is 2. The van der Waals surface area contributed by atoms with Gasteiger partial charge in [0.1, 0.15) is 5.75 Å². The summed E-state index contributed by atoms with van der Waals surface area (Å²) in [5.74, 6) is -3.54. The van der Waals surface area contributed by atoms with E-state index in [0.29, 0.717) is 29.3 Å². The van der Waals surface area contributed by atoms with E-state index < -0.39 is 23.7 Å². The Morgan fingerprint density at radius 3 is 2.38 bits per heavy atom. The van der Waals surface area contributed by atoms with Gasteiger partial charge >= 0.3 is 5.97 Å². The first kappa shape index (κ1) is 20.3. The van der Waals surface area contributed by atoms with E-state index in [-0.39, 0.29) is 12.2 Å². The maximum absolute atomic E-state index is 12.9. The van der Waals surface area contributed by atoms with E-state index in [0.717, 1.165) is 0 Å². The molecule has 1 amide bonds. The topological polar surface area (TPSA) is 96.3 Å². The third-order valence-electron chi connectivity index (χ3n) is 4.80. The van der Waals surface area contributed by atoms with E-state index in [2.05, 4.69) is 5.10 Å². The van der Waals surface area contributed by atoms with E-state index in [1.54, 1.807) is 55.5 Å². The van der Waals surface area contributed by atoms with Crippen molar-refractivity contribution < 1.29 is 24.2 Å². The average molecular weight is 394 g/mol. The number of aliphatic carboxylic acids is 1. The number of hydrogen-bond acceptors (Lipinski definition) is 5. The second kappa shape index (κ2) is 8.68. The summed E-state index contributed by atoms with van der Waals surface area (Å²) in [4.78, 5) is 37.5. The van der Waals surface area contributed by atoms with Crippen LogP contribution in [0.3, 0.4) is 0 Å². The number of anilines is 1. The molecule has 0 bridgehead atoms. The second-order valence-electron chi connectivity index (χ2n) is 6.73. The van der Waals surface area contributed by atoms with E-state index in [1.807, 2.05) is 13.0 Å². The summed E-state index contributed by atoms with van der Waals surface area (Å²) >= 11 is 0. The largest absolute Gasteiger partial charge is 0.494 e. The third-order valence-corrected chi connectivity index (χ3v) is 4.80. The molecule has 29 heavy (non-hydrogen) atoms. The number of rotatable bonds is 8. The van der Waals surface area contributed by atoms with E-state index in [4.69, 9.17) is 4.74 Å². The molecule has 2 atom stereocenters. The molecule has 3 rings (SSSR count). The highest BCUT2D eigenvalue weighted by atomic mass is 16.5. The number of nitrogens with zero attached hydrogens (tertiary/aromatic N) is 2. The predicted octanol–water partition coefficient (Wildman–Crippen LogP) is 3.40. The molecular formula is C22H22N2O5. The van der Waals surface area contributed by atoms with Gasteiger partial charge in [-0.2, -0.15) is 5.10 Å². The fourth-order valence-corrected chi connectivity index (χ4v) is 3.37. The average Bonchev–Trinajstić information content (AvgIpc) is 3.01. The normalized spacial score (nSPS) is 17.0. The van der Waals surface area contributed by atoms with Crippen LogP contribution < -0.4 is 9.75 Å². The summed E-state index contributed by atoms with van der Waals surface area (Å²) < 4.78 is 5.35. The number of hydrogen-bond donors (Lipinski definition) is 1. The quantitative estimate of drug-likeness (QED) is 0.692. The van der Waals surface area contributed by atoms with Crippen molar-refractivity contribution in [2.45, 2.75) is 20.3 Å². The lowest BCUT2D eigenvalue weighted by Crippen LogP contribution is -2.37. The summed E-state index contributed by atoms with van der Waals surface area (Å²) in [5.41, 5.74) is 1.31. The minimum absolute atomic E-state index is 0.296. The Morgan fingerprint density at radius 1 is 1.14 bits per heavy atom. The zero-order valence-electron chi connectivity index (χ0n) is 16.2. The van der Waals surface area contributed by atoms with Crippen molar-refractivity contribution in [1.29, 1.82) is 0 Å². The zero-order chi connectivity index (χ0) is 21.0. The lowest BCUT2D eigenvalue weighted by atomic mass is 9.83. The van der Waals surface area contributed by atoms with E-state index in [9.17, 15) is 19.5 Å². The lowest BCUT2D eigenvalue weighted by molar-refractivity contribution is -0.144. The van der Waals surface area contributed by atoms with Gasteiger partial charge in [-0.25, -0.2) is 5.01 Å². The van der Waals surface area contributed by atoms with Gasteiger partial charge in [0.05, 0.1) is 24.1 Å². The molecule has 0 aromatic heterocycles. The van der Waals surface area contributed by atoms with Gasteiger partial charge in [0, 0.05) is 17.7 Å². The molecule has 7 heteroatoms. The molecule has 1 N–H and O–H groups in total. The smallest absolute Gasteiger partial charge is 0.308 e. The van der Waals surface area contributed by atoms with Crippen molar-refractivity contribution >= 4 is 29.1 Å². The Bertz CT molecular complexity index is 937. The van der Waals surface area contributed by atoms with Crippen molar-refractivity contribution in [1.82, 2.24) is 0 Å². The van der Waals surface area contributed by atoms with Crippen molar-refractivity contribution in [2.24, 2.45) is 16.9 Å². The predicted molar refractivity (Wildman–Crippen MR) is 108 cm³/mol. The zero-order valence-corrected chi connectivity index (χ0v) is 16.2. The fraction of sp³-hybridized carbons (Fsp3) is 0.273. The highest BCUT2D eigenvalue weighted by Crippen LogP contribution is 2.31. The minimum atomic E-state index is -1.20. The summed E-state index contributed by atoms with van der Waals surface area (Å²) in [6, 6.07) is 15.3. The van der Waals surface area contributed by atoms with Crippen molar-refractivity contribution in [3.05, 3.63) is 60.2 Å².